The summed E-state index contributed by atoms with van der Waals surface area (Å²) < 4.78 is 0. The lowest BCUT2D eigenvalue weighted by molar-refractivity contribution is 0.395. The predicted octanol–water partition coefficient (Wildman–Crippen LogP) is 2.29. The Balaban J connectivity index is 1.71. The van der Waals surface area contributed by atoms with Crippen molar-refractivity contribution >= 4 is 11.3 Å². The zero-order valence-electron chi connectivity index (χ0n) is 12.2. The average molecular weight is 290 g/mol. The highest BCUT2D eigenvalue weighted by Gasteiger charge is 2.04. The van der Waals surface area contributed by atoms with Gasteiger partial charge in [-0.3, -0.25) is 4.98 Å². The van der Waals surface area contributed by atoms with Crippen LogP contribution in [0.2, 0.25) is 0 Å². The molecule has 0 aliphatic carbocycles. The second kappa shape index (κ2) is 8.09. The molecule has 0 atom stereocenters. The van der Waals surface area contributed by atoms with Gasteiger partial charge >= 0.3 is 0 Å². The van der Waals surface area contributed by atoms with Gasteiger partial charge in [0.15, 0.2) is 0 Å². The average Bonchev–Trinajstić information content (AvgIpc) is 2.92. The Kier molecular flexibility index (Phi) is 6.11. The topological polar surface area (TPSA) is 41.0 Å². The number of aromatic nitrogens is 2. The van der Waals surface area contributed by atoms with Gasteiger partial charge in [-0.25, -0.2) is 4.98 Å². The lowest BCUT2D eigenvalue weighted by Crippen LogP contribution is -2.23. The number of thiazole rings is 1. The van der Waals surface area contributed by atoms with E-state index in [0.717, 1.165) is 37.3 Å². The van der Waals surface area contributed by atoms with Gasteiger partial charge in [-0.15, -0.1) is 11.3 Å². The largest absolute Gasteiger partial charge is 0.316 e. The summed E-state index contributed by atoms with van der Waals surface area (Å²) in [5.41, 5.74) is 2.12. The van der Waals surface area contributed by atoms with Crippen molar-refractivity contribution in [3.05, 3.63) is 34.9 Å². The van der Waals surface area contributed by atoms with E-state index in [1.54, 1.807) is 17.5 Å². The number of hydrogen-bond donors (Lipinski definition) is 1. The molecule has 0 amide bonds. The quantitative estimate of drug-likeness (QED) is 0.757. The second-order valence-electron chi connectivity index (χ2n) is 5.03. The first-order valence-corrected chi connectivity index (χ1v) is 7.84. The maximum absolute atomic E-state index is 4.66. The third-order valence-electron chi connectivity index (χ3n) is 2.98. The van der Waals surface area contributed by atoms with Crippen LogP contribution in [0.25, 0.3) is 11.3 Å². The van der Waals surface area contributed by atoms with Crippen molar-refractivity contribution in [1.82, 2.24) is 20.2 Å². The lowest BCUT2D eigenvalue weighted by Gasteiger charge is -2.09. The van der Waals surface area contributed by atoms with E-state index in [9.17, 15) is 0 Å². The molecule has 0 fully saturated rings. The van der Waals surface area contributed by atoms with Crippen molar-refractivity contribution in [1.29, 1.82) is 0 Å². The minimum atomic E-state index is 0.993. The minimum Gasteiger partial charge on any atom is -0.316 e. The first-order valence-electron chi connectivity index (χ1n) is 6.96. The molecule has 0 saturated carbocycles. The van der Waals surface area contributed by atoms with Crippen molar-refractivity contribution in [2.45, 2.75) is 12.8 Å². The maximum atomic E-state index is 4.66. The van der Waals surface area contributed by atoms with E-state index >= 15 is 0 Å². The van der Waals surface area contributed by atoms with Crippen LogP contribution in [0.4, 0.5) is 0 Å². The summed E-state index contributed by atoms with van der Waals surface area (Å²) in [6.45, 7) is 3.20. The van der Waals surface area contributed by atoms with E-state index in [2.05, 4.69) is 39.7 Å². The first-order chi connectivity index (χ1) is 9.75. The van der Waals surface area contributed by atoms with Crippen molar-refractivity contribution < 1.29 is 0 Å². The van der Waals surface area contributed by atoms with Gasteiger partial charge in [-0.05, 0) is 45.7 Å². The smallest absolute Gasteiger partial charge is 0.0945 e. The van der Waals surface area contributed by atoms with Gasteiger partial charge in [0, 0.05) is 36.3 Å². The zero-order chi connectivity index (χ0) is 14.2. The molecule has 2 rings (SSSR count). The molecule has 2 aromatic heterocycles. The summed E-state index contributed by atoms with van der Waals surface area (Å²) in [6, 6.07) is 3.99. The van der Waals surface area contributed by atoms with Gasteiger partial charge in [0.1, 0.15) is 0 Å². The summed E-state index contributed by atoms with van der Waals surface area (Å²) in [4.78, 5) is 11.0. The van der Waals surface area contributed by atoms with Crippen LogP contribution in [-0.2, 0) is 6.42 Å². The van der Waals surface area contributed by atoms with Crippen LogP contribution >= 0.6 is 11.3 Å². The SMILES string of the molecule is CN(C)CCCNCCc1nc(-c2cccnc2)cs1. The molecule has 2 heterocycles. The maximum Gasteiger partial charge on any atom is 0.0945 e. The van der Waals surface area contributed by atoms with Crippen molar-refractivity contribution in [3.8, 4) is 11.3 Å². The Morgan fingerprint density at radius 3 is 2.95 bits per heavy atom. The van der Waals surface area contributed by atoms with Crippen LogP contribution in [-0.4, -0.2) is 48.6 Å². The van der Waals surface area contributed by atoms with Crippen molar-refractivity contribution in [2.24, 2.45) is 0 Å². The monoisotopic (exact) mass is 290 g/mol. The number of nitrogens with one attached hydrogen (secondary N) is 1. The molecule has 4 nitrogen and oxygen atoms in total. The van der Waals surface area contributed by atoms with Crippen LogP contribution in [0.1, 0.15) is 11.4 Å². The van der Waals surface area contributed by atoms with E-state index in [1.165, 1.54) is 11.4 Å². The van der Waals surface area contributed by atoms with E-state index in [1.807, 2.05) is 18.3 Å². The summed E-state index contributed by atoms with van der Waals surface area (Å²) in [7, 11) is 4.21. The molecule has 0 radical (unpaired) electrons. The fraction of sp³-hybridized carbons (Fsp3) is 0.467. The summed E-state index contributed by atoms with van der Waals surface area (Å²) in [6.07, 6.45) is 5.82. The molecule has 0 spiro atoms. The summed E-state index contributed by atoms with van der Waals surface area (Å²) in [5, 5.41) is 6.76. The number of rotatable bonds is 8. The molecule has 0 unspecified atom stereocenters. The Labute approximate surface area is 124 Å². The number of nitrogens with zero attached hydrogens (tertiary/aromatic N) is 3. The fourth-order valence-corrected chi connectivity index (χ4v) is 2.72. The third-order valence-corrected chi connectivity index (χ3v) is 3.89. The molecule has 0 saturated heterocycles. The van der Waals surface area contributed by atoms with E-state index in [-0.39, 0.29) is 0 Å². The highest BCUT2D eigenvalue weighted by Crippen LogP contribution is 2.20. The molecule has 0 aliphatic rings. The van der Waals surface area contributed by atoms with Gasteiger partial charge in [0.05, 0.1) is 10.7 Å². The summed E-state index contributed by atoms with van der Waals surface area (Å²) in [5.74, 6) is 0. The van der Waals surface area contributed by atoms with Gasteiger partial charge in [-0.1, -0.05) is 0 Å². The molecule has 108 valence electrons. The van der Waals surface area contributed by atoms with Crippen LogP contribution in [0.3, 0.4) is 0 Å². The Morgan fingerprint density at radius 2 is 2.20 bits per heavy atom. The van der Waals surface area contributed by atoms with Gasteiger partial charge in [0.25, 0.3) is 0 Å². The van der Waals surface area contributed by atoms with Crippen molar-refractivity contribution in [2.75, 3.05) is 33.7 Å². The van der Waals surface area contributed by atoms with Gasteiger partial charge < -0.3 is 10.2 Å². The van der Waals surface area contributed by atoms with Crippen LogP contribution in [0.15, 0.2) is 29.9 Å². The molecule has 0 aliphatic heterocycles. The van der Waals surface area contributed by atoms with Gasteiger partial charge in [-0.2, -0.15) is 0 Å². The van der Waals surface area contributed by atoms with Crippen molar-refractivity contribution in [3.63, 3.8) is 0 Å². The minimum absolute atomic E-state index is 0.993. The Morgan fingerprint density at radius 1 is 1.30 bits per heavy atom. The molecule has 2 aromatic rings. The molecule has 20 heavy (non-hydrogen) atoms. The number of hydrogen-bond acceptors (Lipinski definition) is 5. The van der Waals surface area contributed by atoms with Crippen LogP contribution < -0.4 is 5.32 Å². The highest BCUT2D eigenvalue weighted by atomic mass is 32.1. The molecule has 0 bridgehead atoms. The van der Waals surface area contributed by atoms with Crippen LogP contribution in [0, 0.1) is 0 Å². The van der Waals surface area contributed by atoms with E-state index in [0.29, 0.717) is 0 Å². The molecule has 0 aromatic carbocycles. The molecular weight excluding hydrogens is 268 g/mol. The Bertz CT molecular complexity index is 496. The normalized spacial score (nSPS) is 11.2. The Hall–Kier alpha value is -1.30. The second-order valence-corrected chi connectivity index (χ2v) is 5.97. The van der Waals surface area contributed by atoms with E-state index < -0.39 is 0 Å². The van der Waals surface area contributed by atoms with E-state index in [4.69, 9.17) is 0 Å². The summed E-state index contributed by atoms with van der Waals surface area (Å²) >= 11 is 1.73. The standard InChI is InChI=1S/C15H22N4S/c1-19(2)10-4-8-16-9-6-15-18-14(12-20-15)13-5-3-7-17-11-13/h3,5,7,11-12,16H,4,6,8-10H2,1-2H3. The first kappa shape index (κ1) is 15.1. The molecular formula is C15H22N4S. The highest BCUT2D eigenvalue weighted by molar-refractivity contribution is 7.09. The molecule has 5 heteroatoms. The predicted molar refractivity (Wildman–Crippen MR) is 85.1 cm³/mol. The van der Waals surface area contributed by atoms with Gasteiger partial charge in [0.2, 0.25) is 0 Å². The third kappa shape index (κ3) is 5.00. The lowest BCUT2D eigenvalue weighted by atomic mass is 10.2. The fourth-order valence-electron chi connectivity index (χ4n) is 1.91. The zero-order valence-corrected chi connectivity index (χ0v) is 13.0. The number of pyridine rings is 1. The molecule has 1 N–H and O–H groups in total. The van der Waals surface area contributed by atoms with Crippen LogP contribution in [0.5, 0.6) is 0 Å².